The lowest BCUT2D eigenvalue weighted by Gasteiger charge is -2.16. The third kappa shape index (κ3) is 2.54. The van der Waals surface area contributed by atoms with E-state index in [-0.39, 0.29) is 5.69 Å². The van der Waals surface area contributed by atoms with Crippen molar-refractivity contribution in [2.45, 2.75) is 19.8 Å². The van der Waals surface area contributed by atoms with Crippen molar-refractivity contribution in [3.63, 3.8) is 0 Å². The lowest BCUT2D eigenvalue weighted by Crippen LogP contribution is -2.21. The molecule has 1 aromatic rings. The number of aromatic nitrogens is 2. The maximum atomic E-state index is 11.2. The van der Waals surface area contributed by atoms with Gasteiger partial charge in [0.25, 0.3) is 0 Å². The van der Waals surface area contributed by atoms with E-state index >= 15 is 0 Å². The van der Waals surface area contributed by atoms with Gasteiger partial charge in [-0.2, -0.15) is 0 Å². The molecule has 2 rings (SSSR count). The Hall–Kier alpha value is -1.65. The molecule has 17 heavy (non-hydrogen) atoms. The molecule has 0 N–H and O–H groups in total. The van der Waals surface area contributed by atoms with Crippen LogP contribution in [-0.4, -0.2) is 36.1 Å². The first-order valence-electron chi connectivity index (χ1n) is 5.90. The zero-order chi connectivity index (χ0) is 12.3. The molecule has 5 nitrogen and oxygen atoms in total. The summed E-state index contributed by atoms with van der Waals surface area (Å²) in [6, 6.07) is 0. The van der Waals surface area contributed by atoms with Gasteiger partial charge in [-0.05, 0) is 12.3 Å². The van der Waals surface area contributed by atoms with Gasteiger partial charge in [0.2, 0.25) is 0 Å². The van der Waals surface area contributed by atoms with Crippen LogP contribution in [0.25, 0.3) is 0 Å². The fraction of sp³-hybridized carbons (Fsp3) is 0.583. The number of ether oxygens (including phenoxy) is 1. The molecule has 0 spiro atoms. The van der Waals surface area contributed by atoms with Gasteiger partial charge in [-0.1, -0.05) is 13.3 Å². The predicted octanol–water partition coefficient (Wildman–Crippen LogP) is 1.50. The second-order valence-electron chi connectivity index (χ2n) is 4.26. The molecule has 0 aliphatic carbocycles. The molecule has 5 heteroatoms. The van der Waals surface area contributed by atoms with Crippen LogP contribution in [0.1, 0.15) is 30.3 Å². The molecule has 0 radical (unpaired) electrons. The molecule has 1 aromatic heterocycles. The first kappa shape index (κ1) is 11.8. The highest BCUT2D eigenvalue weighted by Gasteiger charge is 2.22. The molecule has 0 unspecified atom stereocenters. The Morgan fingerprint density at radius 3 is 2.88 bits per heavy atom. The molecule has 1 atom stereocenters. The van der Waals surface area contributed by atoms with Gasteiger partial charge in [-0.3, -0.25) is 0 Å². The van der Waals surface area contributed by atoms with E-state index < -0.39 is 5.97 Å². The van der Waals surface area contributed by atoms with E-state index in [2.05, 4.69) is 26.5 Å². The van der Waals surface area contributed by atoms with E-state index in [1.165, 1.54) is 26.1 Å². The van der Waals surface area contributed by atoms with Crippen molar-refractivity contribution in [3.8, 4) is 0 Å². The van der Waals surface area contributed by atoms with Crippen molar-refractivity contribution < 1.29 is 9.53 Å². The summed E-state index contributed by atoms with van der Waals surface area (Å²) in [7, 11) is 1.34. The normalized spacial score (nSPS) is 19.4. The average molecular weight is 235 g/mol. The van der Waals surface area contributed by atoms with Gasteiger partial charge in [0, 0.05) is 13.1 Å². The van der Waals surface area contributed by atoms with Gasteiger partial charge in [-0.25, -0.2) is 14.8 Å². The number of carbonyl (C=O) groups is 1. The molecular weight excluding hydrogens is 218 g/mol. The summed E-state index contributed by atoms with van der Waals surface area (Å²) in [4.78, 5) is 21.7. The molecule has 0 amide bonds. The summed E-state index contributed by atoms with van der Waals surface area (Å²) in [5.41, 5.74) is 0.252. The van der Waals surface area contributed by atoms with Crippen LogP contribution in [0.4, 0.5) is 5.82 Å². The first-order chi connectivity index (χ1) is 8.24. The minimum atomic E-state index is -0.447. The number of methoxy groups -OCH3 is 1. The monoisotopic (exact) mass is 235 g/mol. The molecule has 1 saturated heterocycles. The van der Waals surface area contributed by atoms with Crippen LogP contribution >= 0.6 is 0 Å². The van der Waals surface area contributed by atoms with Gasteiger partial charge < -0.3 is 9.64 Å². The summed E-state index contributed by atoms with van der Waals surface area (Å²) in [5, 5.41) is 0. The molecule has 1 aliphatic rings. The third-order valence-corrected chi connectivity index (χ3v) is 3.22. The maximum absolute atomic E-state index is 11.2. The molecular formula is C12H17N3O2. The quantitative estimate of drug-likeness (QED) is 0.743. The van der Waals surface area contributed by atoms with E-state index in [0.29, 0.717) is 0 Å². The lowest BCUT2D eigenvalue weighted by atomic mass is 10.1. The van der Waals surface area contributed by atoms with Crippen LogP contribution in [0.2, 0.25) is 0 Å². The largest absolute Gasteiger partial charge is 0.464 e. The van der Waals surface area contributed by atoms with Crippen molar-refractivity contribution in [3.05, 3.63) is 18.1 Å². The lowest BCUT2D eigenvalue weighted by molar-refractivity contribution is 0.0593. The third-order valence-electron chi connectivity index (χ3n) is 3.22. The highest BCUT2D eigenvalue weighted by Crippen LogP contribution is 2.23. The first-order valence-corrected chi connectivity index (χ1v) is 5.90. The molecule has 1 fully saturated rings. The summed E-state index contributed by atoms with van der Waals surface area (Å²) < 4.78 is 4.58. The zero-order valence-corrected chi connectivity index (χ0v) is 10.2. The Morgan fingerprint density at radius 2 is 2.35 bits per heavy atom. The fourth-order valence-corrected chi connectivity index (χ4v) is 2.07. The van der Waals surface area contributed by atoms with Crippen molar-refractivity contribution >= 4 is 11.8 Å². The average Bonchev–Trinajstić information content (AvgIpc) is 2.87. The Morgan fingerprint density at radius 1 is 1.53 bits per heavy atom. The Labute approximate surface area is 101 Å². The maximum Gasteiger partial charge on any atom is 0.358 e. The van der Waals surface area contributed by atoms with Crippen molar-refractivity contribution in [2.75, 3.05) is 25.1 Å². The zero-order valence-electron chi connectivity index (χ0n) is 10.2. The molecule has 2 heterocycles. The molecule has 0 saturated carbocycles. The van der Waals surface area contributed by atoms with Crippen LogP contribution in [0, 0.1) is 5.92 Å². The van der Waals surface area contributed by atoms with Gasteiger partial charge in [0.15, 0.2) is 5.69 Å². The summed E-state index contributed by atoms with van der Waals surface area (Å²) >= 11 is 0. The van der Waals surface area contributed by atoms with Crippen LogP contribution in [0.15, 0.2) is 12.4 Å². The van der Waals surface area contributed by atoms with E-state index in [1.807, 2.05) is 0 Å². The summed E-state index contributed by atoms with van der Waals surface area (Å²) in [6.07, 6.45) is 5.52. The van der Waals surface area contributed by atoms with Gasteiger partial charge in [0.05, 0.1) is 19.5 Å². The van der Waals surface area contributed by atoms with Crippen molar-refractivity contribution in [1.29, 1.82) is 0 Å². The van der Waals surface area contributed by atoms with Gasteiger partial charge >= 0.3 is 5.97 Å². The minimum Gasteiger partial charge on any atom is -0.464 e. The van der Waals surface area contributed by atoms with Crippen LogP contribution in [-0.2, 0) is 4.74 Å². The summed E-state index contributed by atoms with van der Waals surface area (Å²) in [5.74, 6) is 1.14. The number of esters is 1. The number of hydrogen-bond donors (Lipinski definition) is 0. The minimum absolute atomic E-state index is 0.252. The smallest absolute Gasteiger partial charge is 0.358 e. The molecule has 92 valence electrons. The van der Waals surface area contributed by atoms with Crippen molar-refractivity contribution in [2.24, 2.45) is 5.92 Å². The number of rotatable bonds is 3. The second-order valence-corrected chi connectivity index (χ2v) is 4.26. The van der Waals surface area contributed by atoms with Crippen LogP contribution in [0.5, 0.6) is 0 Å². The van der Waals surface area contributed by atoms with Gasteiger partial charge in [0.1, 0.15) is 5.82 Å². The number of anilines is 1. The highest BCUT2D eigenvalue weighted by atomic mass is 16.5. The fourth-order valence-electron chi connectivity index (χ4n) is 2.07. The van der Waals surface area contributed by atoms with Crippen LogP contribution in [0.3, 0.4) is 0 Å². The number of hydrogen-bond acceptors (Lipinski definition) is 5. The predicted molar refractivity (Wildman–Crippen MR) is 64.0 cm³/mol. The van der Waals surface area contributed by atoms with Gasteiger partial charge in [-0.15, -0.1) is 0 Å². The second kappa shape index (κ2) is 5.12. The Bertz CT molecular complexity index is 391. The van der Waals surface area contributed by atoms with E-state index in [4.69, 9.17) is 0 Å². The number of nitrogens with zero attached hydrogens (tertiary/aromatic N) is 3. The van der Waals surface area contributed by atoms with Crippen LogP contribution < -0.4 is 4.90 Å². The molecule has 0 aromatic carbocycles. The van der Waals surface area contributed by atoms with E-state index in [1.54, 1.807) is 6.20 Å². The van der Waals surface area contributed by atoms with E-state index in [0.717, 1.165) is 24.8 Å². The molecule has 1 aliphatic heterocycles. The van der Waals surface area contributed by atoms with Crippen molar-refractivity contribution in [1.82, 2.24) is 9.97 Å². The molecule has 0 bridgehead atoms. The van der Waals surface area contributed by atoms with E-state index in [9.17, 15) is 4.79 Å². The SMILES string of the molecule is CC[C@@H]1CCN(c2cnc(C(=O)OC)cn2)C1. The summed E-state index contributed by atoms with van der Waals surface area (Å²) in [6.45, 7) is 4.26. The standard InChI is InChI=1S/C12H17N3O2/c1-3-9-4-5-15(8-9)11-7-13-10(6-14-11)12(16)17-2/h6-7,9H,3-5,8H2,1-2H3/t9-/m1/s1. The number of carbonyl (C=O) groups excluding carboxylic acids is 1. The Kier molecular flexibility index (Phi) is 3.56. The highest BCUT2D eigenvalue weighted by molar-refractivity contribution is 5.86. The Balaban J connectivity index is 2.06. The topological polar surface area (TPSA) is 55.3 Å².